The maximum atomic E-state index is 12.3. The van der Waals surface area contributed by atoms with E-state index in [2.05, 4.69) is 15.6 Å². The van der Waals surface area contributed by atoms with Crippen molar-refractivity contribution in [1.82, 2.24) is 15.6 Å². The molecule has 1 unspecified atom stereocenters. The molecule has 0 saturated heterocycles. The lowest BCUT2D eigenvalue weighted by molar-refractivity contribution is 0.193. The molecule has 0 aromatic carbocycles. The molecular weight excluding hydrogens is 278 g/mol. The Labute approximate surface area is 132 Å². The maximum absolute atomic E-state index is 12.3. The summed E-state index contributed by atoms with van der Waals surface area (Å²) in [7, 11) is 0. The molecule has 1 saturated carbocycles. The predicted molar refractivity (Wildman–Crippen MR) is 86.3 cm³/mol. The Morgan fingerprint density at radius 3 is 2.59 bits per heavy atom. The van der Waals surface area contributed by atoms with Crippen LogP contribution in [0.15, 0.2) is 24.4 Å². The van der Waals surface area contributed by atoms with Gasteiger partial charge in [-0.1, -0.05) is 32.8 Å². The Kier molecular flexibility index (Phi) is 6.19. The van der Waals surface area contributed by atoms with Crippen molar-refractivity contribution in [1.29, 1.82) is 0 Å². The third-order valence-corrected chi connectivity index (χ3v) is 4.48. The van der Waals surface area contributed by atoms with Crippen molar-refractivity contribution >= 4 is 6.03 Å². The molecule has 3 N–H and O–H groups in total. The molecular formula is C17H27N3O2. The highest BCUT2D eigenvalue weighted by Gasteiger charge is 2.29. The van der Waals surface area contributed by atoms with Gasteiger partial charge in [0.05, 0.1) is 24.4 Å². The fourth-order valence-corrected chi connectivity index (χ4v) is 3.06. The first-order valence-electron chi connectivity index (χ1n) is 8.20. The fourth-order valence-electron chi connectivity index (χ4n) is 3.06. The normalized spacial score (nSPS) is 18.2. The number of pyridine rings is 1. The summed E-state index contributed by atoms with van der Waals surface area (Å²) in [6.45, 7) is 3.91. The van der Waals surface area contributed by atoms with Gasteiger partial charge < -0.3 is 15.7 Å². The van der Waals surface area contributed by atoms with Crippen LogP contribution in [0.5, 0.6) is 0 Å². The molecule has 0 aliphatic heterocycles. The standard InChI is InChI=1S/C17H27N3O2/c1-12(2)15(11-21)19-17(22)20-16(13-7-3-4-8-13)14-9-5-6-10-18-14/h5-6,9-10,12-13,15-16,21H,3-4,7-8,11H2,1-2H3,(H2,19,20,22)/t15-,16?/m1/s1. The largest absolute Gasteiger partial charge is 0.394 e. The second-order valence-electron chi connectivity index (χ2n) is 6.43. The van der Waals surface area contributed by atoms with Gasteiger partial charge in [0.15, 0.2) is 0 Å². The summed E-state index contributed by atoms with van der Waals surface area (Å²) < 4.78 is 0. The molecule has 1 aromatic rings. The van der Waals surface area contributed by atoms with Crippen LogP contribution in [0.25, 0.3) is 0 Å². The Bertz CT molecular complexity index is 458. The highest BCUT2D eigenvalue weighted by Crippen LogP contribution is 2.34. The number of amides is 2. The molecule has 1 aliphatic carbocycles. The minimum atomic E-state index is -0.229. The van der Waals surface area contributed by atoms with E-state index in [-0.39, 0.29) is 30.6 Å². The number of aromatic nitrogens is 1. The molecule has 0 bridgehead atoms. The molecule has 1 heterocycles. The van der Waals surface area contributed by atoms with Crippen molar-refractivity contribution in [3.05, 3.63) is 30.1 Å². The van der Waals surface area contributed by atoms with Crippen molar-refractivity contribution in [3.63, 3.8) is 0 Å². The molecule has 1 aromatic heterocycles. The van der Waals surface area contributed by atoms with E-state index >= 15 is 0 Å². The lowest BCUT2D eigenvalue weighted by Crippen LogP contribution is -2.48. The SMILES string of the molecule is CC(C)[C@@H](CO)NC(=O)NC(c1ccccn1)C1CCCC1. The summed E-state index contributed by atoms with van der Waals surface area (Å²) >= 11 is 0. The molecule has 2 atom stereocenters. The van der Waals surface area contributed by atoms with Crippen molar-refractivity contribution in [2.24, 2.45) is 11.8 Å². The van der Waals surface area contributed by atoms with E-state index in [1.54, 1.807) is 6.20 Å². The number of carbonyl (C=O) groups is 1. The molecule has 122 valence electrons. The lowest BCUT2D eigenvalue weighted by atomic mass is 9.95. The molecule has 1 fully saturated rings. The number of rotatable bonds is 6. The van der Waals surface area contributed by atoms with Gasteiger partial charge in [0, 0.05) is 6.20 Å². The van der Waals surface area contributed by atoms with E-state index in [1.165, 1.54) is 12.8 Å². The zero-order valence-electron chi connectivity index (χ0n) is 13.5. The summed E-state index contributed by atoms with van der Waals surface area (Å²) in [4.78, 5) is 16.7. The second kappa shape index (κ2) is 8.13. The highest BCUT2D eigenvalue weighted by atomic mass is 16.3. The Morgan fingerprint density at radius 2 is 2.05 bits per heavy atom. The van der Waals surface area contributed by atoms with Gasteiger partial charge in [0.25, 0.3) is 0 Å². The molecule has 0 radical (unpaired) electrons. The van der Waals surface area contributed by atoms with E-state index in [0.29, 0.717) is 5.92 Å². The van der Waals surface area contributed by atoms with Gasteiger partial charge in [-0.3, -0.25) is 4.98 Å². The first-order valence-corrected chi connectivity index (χ1v) is 8.20. The number of nitrogens with zero attached hydrogens (tertiary/aromatic N) is 1. The smallest absolute Gasteiger partial charge is 0.315 e. The van der Waals surface area contributed by atoms with Crippen LogP contribution in [0.3, 0.4) is 0 Å². The van der Waals surface area contributed by atoms with E-state index in [1.807, 2.05) is 32.0 Å². The topological polar surface area (TPSA) is 74.2 Å². The number of hydrogen-bond donors (Lipinski definition) is 3. The lowest BCUT2D eigenvalue weighted by Gasteiger charge is -2.27. The van der Waals surface area contributed by atoms with Crippen LogP contribution in [0.1, 0.15) is 51.3 Å². The predicted octanol–water partition coefficient (Wildman–Crippen LogP) is 2.63. The van der Waals surface area contributed by atoms with Gasteiger partial charge >= 0.3 is 6.03 Å². The van der Waals surface area contributed by atoms with E-state index in [9.17, 15) is 9.90 Å². The van der Waals surface area contributed by atoms with Gasteiger partial charge in [0.1, 0.15) is 0 Å². The third kappa shape index (κ3) is 4.44. The fraction of sp³-hybridized carbons (Fsp3) is 0.647. The number of urea groups is 1. The third-order valence-electron chi connectivity index (χ3n) is 4.48. The summed E-state index contributed by atoms with van der Waals surface area (Å²) in [5, 5.41) is 15.3. The van der Waals surface area contributed by atoms with E-state index in [4.69, 9.17) is 0 Å². The summed E-state index contributed by atoms with van der Waals surface area (Å²) in [6, 6.07) is 5.29. The van der Waals surface area contributed by atoms with E-state index in [0.717, 1.165) is 18.5 Å². The van der Waals surface area contributed by atoms with Gasteiger partial charge in [-0.25, -0.2) is 4.79 Å². The maximum Gasteiger partial charge on any atom is 0.315 e. The summed E-state index contributed by atoms with van der Waals surface area (Å²) in [5.74, 6) is 0.628. The molecule has 2 amide bonds. The number of hydrogen-bond acceptors (Lipinski definition) is 3. The zero-order valence-corrected chi connectivity index (χ0v) is 13.5. The second-order valence-corrected chi connectivity index (χ2v) is 6.43. The van der Waals surface area contributed by atoms with Crippen molar-refractivity contribution in [2.45, 2.75) is 51.6 Å². The number of nitrogens with one attached hydrogen (secondary N) is 2. The number of aliphatic hydroxyl groups excluding tert-OH is 1. The van der Waals surface area contributed by atoms with Gasteiger partial charge in [0.2, 0.25) is 0 Å². The monoisotopic (exact) mass is 305 g/mol. The minimum Gasteiger partial charge on any atom is -0.394 e. The average molecular weight is 305 g/mol. The number of carbonyl (C=O) groups excluding carboxylic acids is 1. The van der Waals surface area contributed by atoms with Crippen LogP contribution in [0.4, 0.5) is 4.79 Å². The average Bonchev–Trinajstić information content (AvgIpc) is 3.05. The Morgan fingerprint density at radius 1 is 1.32 bits per heavy atom. The number of aliphatic hydroxyl groups is 1. The first kappa shape index (κ1) is 16.7. The van der Waals surface area contributed by atoms with Crippen LogP contribution >= 0.6 is 0 Å². The van der Waals surface area contributed by atoms with Crippen LogP contribution in [0, 0.1) is 11.8 Å². The molecule has 0 spiro atoms. The molecule has 22 heavy (non-hydrogen) atoms. The van der Waals surface area contributed by atoms with Crippen LogP contribution < -0.4 is 10.6 Å². The first-order chi connectivity index (χ1) is 10.6. The molecule has 2 rings (SSSR count). The highest BCUT2D eigenvalue weighted by molar-refractivity contribution is 5.74. The summed E-state index contributed by atoms with van der Waals surface area (Å²) in [5.41, 5.74) is 0.912. The van der Waals surface area contributed by atoms with Crippen LogP contribution in [-0.2, 0) is 0 Å². The van der Waals surface area contributed by atoms with Crippen molar-refractivity contribution in [3.8, 4) is 0 Å². The Hall–Kier alpha value is -1.62. The molecule has 5 nitrogen and oxygen atoms in total. The molecule has 5 heteroatoms. The Balaban J connectivity index is 2.04. The van der Waals surface area contributed by atoms with Gasteiger partial charge in [-0.15, -0.1) is 0 Å². The summed E-state index contributed by atoms with van der Waals surface area (Å²) in [6.07, 6.45) is 6.43. The van der Waals surface area contributed by atoms with Crippen LogP contribution in [0.2, 0.25) is 0 Å². The van der Waals surface area contributed by atoms with Crippen molar-refractivity contribution in [2.75, 3.05) is 6.61 Å². The van der Waals surface area contributed by atoms with E-state index < -0.39 is 0 Å². The zero-order chi connectivity index (χ0) is 15.9. The quantitative estimate of drug-likeness (QED) is 0.756. The minimum absolute atomic E-state index is 0.0528. The van der Waals surface area contributed by atoms with Gasteiger partial charge in [-0.05, 0) is 36.8 Å². The van der Waals surface area contributed by atoms with Crippen LogP contribution in [-0.4, -0.2) is 28.8 Å². The van der Waals surface area contributed by atoms with Gasteiger partial charge in [-0.2, -0.15) is 0 Å². The molecule has 1 aliphatic rings. The van der Waals surface area contributed by atoms with Crippen molar-refractivity contribution < 1.29 is 9.90 Å².